The van der Waals surface area contributed by atoms with E-state index in [9.17, 15) is 37.5 Å². The number of thioether (sulfide) groups is 3. The highest BCUT2D eigenvalue weighted by atomic mass is 32.2. The molecule has 1 fully saturated rings. The molecule has 0 aromatic carbocycles. The number of carbonyl (C=O) groups excluding carboxylic acids is 3. The first kappa shape index (κ1) is 24.2. The third kappa shape index (κ3) is 5.47. The topological polar surface area (TPSA) is 173 Å². The zero-order valence-electron chi connectivity index (χ0n) is 15.7. The number of aromatic nitrogens is 4. The summed E-state index contributed by atoms with van der Waals surface area (Å²) in [5, 5.41) is 22.1. The summed E-state index contributed by atoms with van der Waals surface area (Å²) in [6.45, 7) is -0.268. The summed E-state index contributed by atoms with van der Waals surface area (Å²) in [5.41, 5.74) is 0.633. The molecule has 1 aromatic heterocycles. The van der Waals surface area contributed by atoms with Gasteiger partial charge in [0.1, 0.15) is 23.7 Å². The van der Waals surface area contributed by atoms with E-state index in [0.717, 1.165) is 21.3 Å². The molecule has 3 rings (SSSR count). The number of aliphatic carboxylic acids is 1. The second kappa shape index (κ2) is 9.57. The van der Waals surface area contributed by atoms with Crippen LogP contribution in [-0.2, 0) is 25.7 Å². The summed E-state index contributed by atoms with van der Waals surface area (Å²) in [7, 11) is 0. The fourth-order valence-corrected chi connectivity index (χ4v) is 5.59. The second-order valence-corrected chi connectivity index (χ2v) is 9.41. The van der Waals surface area contributed by atoms with Gasteiger partial charge in [0.25, 0.3) is 5.91 Å². The maximum atomic E-state index is 12.5. The number of tetrazole rings is 1. The van der Waals surface area contributed by atoms with E-state index in [0.29, 0.717) is 5.57 Å². The summed E-state index contributed by atoms with van der Waals surface area (Å²) < 4.78 is 37.8. The Hall–Kier alpha value is -2.47. The third-order valence-electron chi connectivity index (χ3n) is 4.11. The van der Waals surface area contributed by atoms with Crippen LogP contribution in [0.3, 0.4) is 0 Å². The molecule has 174 valence electrons. The standard InChI is InChI=1S/C14H14F3N7O5S3/c15-14(16,17)32-4-7(26)19-8-10(27)24-9(12(28)29)5(2-30-11(8)24)3-31-13-20-21-22-23(13)1-6(18)25/h8,11H,1-4H2,(H2,18,25)(H,19,26)(H,28,29). The van der Waals surface area contributed by atoms with Gasteiger partial charge in [-0.15, -0.1) is 16.9 Å². The van der Waals surface area contributed by atoms with Crippen LogP contribution in [0.1, 0.15) is 0 Å². The molecule has 2 aliphatic heterocycles. The van der Waals surface area contributed by atoms with Crippen molar-refractivity contribution in [3.63, 3.8) is 0 Å². The fourth-order valence-electron chi connectivity index (χ4n) is 2.86. The van der Waals surface area contributed by atoms with Crippen LogP contribution in [0.15, 0.2) is 16.4 Å². The number of carboxylic acids is 1. The molecule has 32 heavy (non-hydrogen) atoms. The summed E-state index contributed by atoms with van der Waals surface area (Å²) in [4.78, 5) is 48.1. The summed E-state index contributed by atoms with van der Waals surface area (Å²) in [6.07, 6.45) is 0. The number of nitrogens with one attached hydrogen (secondary N) is 1. The van der Waals surface area contributed by atoms with Gasteiger partial charge in [-0.3, -0.25) is 19.3 Å². The van der Waals surface area contributed by atoms with Crippen LogP contribution in [0, 0.1) is 0 Å². The normalized spacial score (nSPS) is 20.6. The first-order valence-corrected chi connectivity index (χ1v) is 11.6. The van der Waals surface area contributed by atoms with E-state index >= 15 is 0 Å². The predicted molar refractivity (Wildman–Crippen MR) is 106 cm³/mol. The van der Waals surface area contributed by atoms with Crippen LogP contribution in [0.2, 0.25) is 0 Å². The molecular formula is C14H14F3N7O5S3. The summed E-state index contributed by atoms with van der Waals surface area (Å²) in [5.74, 6) is -4.38. The monoisotopic (exact) mass is 513 g/mol. The first-order chi connectivity index (χ1) is 15.0. The molecule has 0 radical (unpaired) electrons. The minimum atomic E-state index is -4.59. The van der Waals surface area contributed by atoms with Crippen LogP contribution in [0.5, 0.6) is 0 Å². The van der Waals surface area contributed by atoms with Gasteiger partial charge < -0.3 is 16.2 Å². The molecular weight excluding hydrogens is 499 g/mol. The Morgan fingerprint density at radius 3 is 2.69 bits per heavy atom. The minimum Gasteiger partial charge on any atom is -0.477 e. The molecule has 1 aromatic rings. The lowest BCUT2D eigenvalue weighted by Gasteiger charge is -2.49. The first-order valence-electron chi connectivity index (χ1n) is 8.55. The quantitative estimate of drug-likeness (QED) is 0.280. The van der Waals surface area contributed by atoms with Gasteiger partial charge in [0.05, 0.1) is 5.75 Å². The number of fused-ring (bicyclic) bond motifs is 1. The Labute approximate surface area is 189 Å². The van der Waals surface area contributed by atoms with Gasteiger partial charge >= 0.3 is 11.5 Å². The van der Waals surface area contributed by atoms with Crippen molar-refractivity contribution in [3.8, 4) is 0 Å². The van der Waals surface area contributed by atoms with Crippen molar-refractivity contribution in [2.24, 2.45) is 5.73 Å². The van der Waals surface area contributed by atoms with Gasteiger partial charge in [-0.1, -0.05) is 11.8 Å². The van der Waals surface area contributed by atoms with Gasteiger partial charge in [-0.25, -0.2) is 9.48 Å². The van der Waals surface area contributed by atoms with Gasteiger partial charge in [-0.2, -0.15) is 13.2 Å². The van der Waals surface area contributed by atoms with E-state index < -0.39 is 58.1 Å². The third-order valence-corrected chi connectivity index (χ3v) is 7.23. The van der Waals surface area contributed by atoms with Crippen LogP contribution < -0.4 is 11.1 Å². The molecule has 18 heteroatoms. The number of nitrogens with zero attached hydrogens (tertiary/aromatic N) is 5. The number of primary amides is 1. The molecule has 3 heterocycles. The molecule has 2 unspecified atom stereocenters. The summed E-state index contributed by atoms with van der Waals surface area (Å²) >= 11 is 1.67. The van der Waals surface area contributed by atoms with Crippen molar-refractivity contribution in [2.75, 3.05) is 17.3 Å². The number of amides is 3. The number of β-lactam (4-membered cyclic amide) rings is 1. The van der Waals surface area contributed by atoms with E-state index in [1.807, 2.05) is 0 Å². The lowest BCUT2D eigenvalue weighted by molar-refractivity contribution is -0.150. The highest BCUT2D eigenvalue weighted by Gasteiger charge is 2.54. The van der Waals surface area contributed by atoms with Crippen molar-refractivity contribution in [1.29, 1.82) is 0 Å². The van der Waals surface area contributed by atoms with E-state index in [4.69, 9.17) is 5.73 Å². The average molecular weight is 514 g/mol. The SMILES string of the molecule is NC(=O)Cn1nnnc1SCC1=C(C(=O)O)N2C(=O)C(NC(=O)CSC(F)(F)F)C2SC1. The predicted octanol–water partition coefficient (Wildman–Crippen LogP) is -0.758. The molecule has 0 bridgehead atoms. The van der Waals surface area contributed by atoms with Crippen molar-refractivity contribution in [1.82, 2.24) is 30.4 Å². The Bertz CT molecular complexity index is 985. The maximum Gasteiger partial charge on any atom is 0.442 e. The highest BCUT2D eigenvalue weighted by molar-refractivity contribution is 8.01. The minimum absolute atomic E-state index is 0.0868. The van der Waals surface area contributed by atoms with Gasteiger partial charge in [0.15, 0.2) is 0 Å². The van der Waals surface area contributed by atoms with Gasteiger partial charge in [0.2, 0.25) is 17.0 Å². The number of alkyl halides is 3. The van der Waals surface area contributed by atoms with Crippen molar-refractivity contribution in [2.45, 2.75) is 28.6 Å². The van der Waals surface area contributed by atoms with Crippen LogP contribution in [-0.4, -0.2) is 88.1 Å². The Kier molecular flexibility index (Phi) is 7.23. The zero-order chi connectivity index (χ0) is 23.6. The van der Waals surface area contributed by atoms with Gasteiger partial charge in [-0.05, 0) is 27.8 Å². The Balaban J connectivity index is 1.67. The number of hydrogen-bond acceptors (Lipinski definition) is 10. The number of rotatable bonds is 9. The van der Waals surface area contributed by atoms with Crippen LogP contribution >= 0.6 is 35.3 Å². The smallest absolute Gasteiger partial charge is 0.442 e. The van der Waals surface area contributed by atoms with Crippen LogP contribution in [0.4, 0.5) is 13.2 Å². The van der Waals surface area contributed by atoms with E-state index in [-0.39, 0.29) is 28.9 Å². The number of carbonyl (C=O) groups is 4. The number of carboxylic acid groups (broad SMARTS) is 1. The largest absolute Gasteiger partial charge is 0.477 e. The molecule has 2 atom stereocenters. The Morgan fingerprint density at radius 1 is 1.34 bits per heavy atom. The average Bonchev–Trinajstić information content (AvgIpc) is 3.13. The zero-order valence-corrected chi connectivity index (χ0v) is 18.2. The lowest BCUT2D eigenvalue weighted by Crippen LogP contribution is -2.70. The van der Waals surface area contributed by atoms with Crippen molar-refractivity contribution >= 4 is 59.0 Å². The maximum absolute atomic E-state index is 12.5. The van der Waals surface area contributed by atoms with Gasteiger partial charge in [0, 0.05) is 11.5 Å². The number of hydrogen-bond donors (Lipinski definition) is 3. The number of nitrogens with two attached hydrogens (primary N) is 1. The summed E-state index contributed by atoms with van der Waals surface area (Å²) in [6, 6.07) is -1.12. The Morgan fingerprint density at radius 2 is 2.06 bits per heavy atom. The van der Waals surface area contributed by atoms with Crippen molar-refractivity contribution < 1.29 is 37.5 Å². The molecule has 3 amide bonds. The molecule has 4 N–H and O–H groups in total. The number of halogens is 3. The van der Waals surface area contributed by atoms with Crippen LogP contribution in [0.25, 0.3) is 0 Å². The van der Waals surface area contributed by atoms with E-state index in [1.165, 1.54) is 11.8 Å². The van der Waals surface area contributed by atoms with E-state index in [2.05, 4.69) is 20.8 Å². The molecule has 0 saturated carbocycles. The molecule has 2 aliphatic rings. The van der Waals surface area contributed by atoms with E-state index in [1.54, 1.807) is 0 Å². The van der Waals surface area contributed by atoms with Crippen molar-refractivity contribution in [3.05, 3.63) is 11.3 Å². The highest BCUT2D eigenvalue weighted by Crippen LogP contribution is 2.41. The molecule has 0 aliphatic carbocycles. The molecule has 1 saturated heterocycles. The lowest BCUT2D eigenvalue weighted by atomic mass is 10.0. The second-order valence-electron chi connectivity index (χ2n) is 6.32. The fraction of sp³-hybridized carbons (Fsp3) is 0.500. The molecule has 12 nitrogen and oxygen atoms in total. The molecule has 0 spiro atoms.